The third-order valence-electron chi connectivity index (χ3n) is 6.64. The van der Waals surface area contributed by atoms with Crippen molar-refractivity contribution >= 4 is 39.6 Å². The van der Waals surface area contributed by atoms with E-state index in [4.69, 9.17) is 0 Å². The molecule has 1 aliphatic carbocycles. The number of aliphatic hydroxyl groups excluding tert-OH is 1. The van der Waals surface area contributed by atoms with Crippen molar-refractivity contribution in [2.45, 2.75) is 51.1 Å². The lowest BCUT2D eigenvalue weighted by molar-refractivity contribution is -0.141. The summed E-state index contributed by atoms with van der Waals surface area (Å²) in [5.41, 5.74) is 1.86. The summed E-state index contributed by atoms with van der Waals surface area (Å²) in [5.74, 6) is -1.13. The van der Waals surface area contributed by atoms with Crippen LogP contribution in [-0.4, -0.2) is 27.7 Å². The van der Waals surface area contributed by atoms with E-state index in [2.05, 4.69) is 0 Å². The second kappa shape index (κ2) is 7.97. The molecular weight excluding hydrogens is 406 g/mol. The average molecular weight is 432 g/mol. The maximum atomic E-state index is 13.3. The minimum absolute atomic E-state index is 0.0366. The molecule has 4 nitrogen and oxygen atoms in total. The summed E-state index contributed by atoms with van der Waals surface area (Å²) in [6, 6.07) is 15.0. The van der Waals surface area contributed by atoms with Gasteiger partial charge in [0.2, 0.25) is 0 Å². The first-order chi connectivity index (χ1) is 15.1. The van der Waals surface area contributed by atoms with Crippen LogP contribution in [0.3, 0.4) is 0 Å². The molecule has 3 aromatic rings. The van der Waals surface area contributed by atoms with E-state index in [1.165, 1.54) is 6.42 Å². The zero-order valence-corrected chi connectivity index (χ0v) is 18.3. The van der Waals surface area contributed by atoms with Crippen LogP contribution in [0.5, 0.6) is 0 Å². The number of fused-ring (bicyclic) bond motifs is 1. The number of aryl methyl sites for hydroxylation is 1. The number of aliphatic hydroxyl groups is 1. The van der Waals surface area contributed by atoms with Crippen LogP contribution in [0.15, 0.2) is 59.5 Å². The van der Waals surface area contributed by atoms with E-state index in [0.29, 0.717) is 5.56 Å². The predicted molar refractivity (Wildman–Crippen MR) is 124 cm³/mol. The molecular formula is C26H25NO3S. The molecule has 1 saturated heterocycles. The second-order valence-electron chi connectivity index (χ2n) is 8.49. The standard InChI is InChI=1S/C26H25NO3S/c1-16-14-15-31-25(16)22-21(24(29)26(30)27(22)18-10-3-2-4-11-18)23(28)20-13-7-9-17-8-5-6-12-19(17)20/h5-9,12-15,18,22,28H,2-4,10-11H2,1H3/b23-21+. The molecule has 1 aromatic heterocycles. The molecule has 0 spiro atoms. The molecule has 2 heterocycles. The molecule has 1 unspecified atom stereocenters. The van der Waals surface area contributed by atoms with Crippen molar-refractivity contribution in [3.63, 3.8) is 0 Å². The van der Waals surface area contributed by atoms with Gasteiger partial charge in [-0.25, -0.2) is 0 Å². The molecule has 1 N–H and O–H groups in total. The first kappa shape index (κ1) is 20.0. The van der Waals surface area contributed by atoms with Crippen LogP contribution in [0.1, 0.15) is 54.1 Å². The Kier molecular flexibility index (Phi) is 5.14. The molecule has 1 amide bonds. The smallest absolute Gasteiger partial charge is 0.295 e. The Labute approximate surface area is 185 Å². The van der Waals surface area contributed by atoms with E-state index in [0.717, 1.165) is 46.9 Å². The van der Waals surface area contributed by atoms with Gasteiger partial charge in [-0.1, -0.05) is 61.7 Å². The number of carbonyl (C=O) groups is 2. The first-order valence-corrected chi connectivity index (χ1v) is 11.8. The molecule has 1 atom stereocenters. The van der Waals surface area contributed by atoms with E-state index in [1.54, 1.807) is 16.2 Å². The van der Waals surface area contributed by atoms with Gasteiger partial charge in [0.15, 0.2) is 0 Å². The number of benzene rings is 2. The van der Waals surface area contributed by atoms with Crippen molar-refractivity contribution in [3.8, 4) is 0 Å². The van der Waals surface area contributed by atoms with Crippen LogP contribution in [0, 0.1) is 6.92 Å². The van der Waals surface area contributed by atoms with Crippen molar-refractivity contribution in [2.75, 3.05) is 0 Å². The van der Waals surface area contributed by atoms with E-state index in [-0.39, 0.29) is 17.4 Å². The molecule has 1 aliphatic heterocycles. The minimum atomic E-state index is -0.575. The number of rotatable bonds is 3. The fraction of sp³-hybridized carbons (Fsp3) is 0.308. The Morgan fingerprint density at radius 1 is 1.00 bits per heavy atom. The molecule has 5 heteroatoms. The van der Waals surface area contributed by atoms with Gasteiger partial charge in [0.05, 0.1) is 5.57 Å². The van der Waals surface area contributed by atoms with E-state index in [9.17, 15) is 14.7 Å². The van der Waals surface area contributed by atoms with Crippen LogP contribution < -0.4 is 0 Å². The van der Waals surface area contributed by atoms with Crippen LogP contribution >= 0.6 is 11.3 Å². The largest absolute Gasteiger partial charge is 0.507 e. The molecule has 2 aliphatic rings. The SMILES string of the molecule is Cc1ccsc1C1/C(=C(\O)c2cccc3ccccc23)C(=O)C(=O)N1C1CCCCC1. The maximum absolute atomic E-state index is 13.3. The highest BCUT2D eigenvalue weighted by molar-refractivity contribution is 7.10. The highest BCUT2D eigenvalue weighted by Crippen LogP contribution is 2.46. The van der Waals surface area contributed by atoms with Gasteiger partial charge < -0.3 is 10.0 Å². The third-order valence-corrected chi connectivity index (χ3v) is 7.71. The summed E-state index contributed by atoms with van der Waals surface area (Å²) < 4.78 is 0. The third kappa shape index (κ3) is 3.28. The lowest BCUT2D eigenvalue weighted by Crippen LogP contribution is -2.40. The van der Waals surface area contributed by atoms with Crippen molar-refractivity contribution in [1.82, 2.24) is 4.90 Å². The maximum Gasteiger partial charge on any atom is 0.295 e. The Morgan fingerprint density at radius 2 is 1.74 bits per heavy atom. The van der Waals surface area contributed by atoms with Crippen molar-refractivity contribution in [3.05, 3.63) is 75.5 Å². The van der Waals surface area contributed by atoms with Gasteiger partial charge in [-0.15, -0.1) is 11.3 Å². The van der Waals surface area contributed by atoms with Crippen LogP contribution in [0.2, 0.25) is 0 Å². The summed E-state index contributed by atoms with van der Waals surface area (Å²) in [6.45, 7) is 2.00. The summed E-state index contributed by atoms with van der Waals surface area (Å²) in [7, 11) is 0. The summed E-state index contributed by atoms with van der Waals surface area (Å²) in [5, 5.41) is 15.3. The number of thiophene rings is 1. The van der Waals surface area contributed by atoms with Gasteiger partial charge in [0.25, 0.3) is 11.7 Å². The molecule has 2 aromatic carbocycles. The lowest BCUT2D eigenvalue weighted by atomic mass is 9.92. The minimum Gasteiger partial charge on any atom is -0.507 e. The molecule has 0 radical (unpaired) electrons. The number of carbonyl (C=O) groups excluding carboxylic acids is 2. The summed E-state index contributed by atoms with van der Waals surface area (Å²) in [4.78, 5) is 29.3. The molecule has 2 fully saturated rings. The van der Waals surface area contributed by atoms with Crippen LogP contribution in [-0.2, 0) is 9.59 Å². The molecule has 0 bridgehead atoms. The van der Waals surface area contributed by atoms with Gasteiger partial charge in [-0.05, 0) is 47.5 Å². The fourth-order valence-electron chi connectivity index (χ4n) is 5.08. The molecule has 158 valence electrons. The number of hydrogen-bond acceptors (Lipinski definition) is 4. The van der Waals surface area contributed by atoms with Gasteiger partial charge >= 0.3 is 0 Å². The number of likely N-dealkylation sites (tertiary alicyclic amines) is 1. The predicted octanol–water partition coefficient (Wildman–Crippen LogP) is 5.96. The Morgan fingerprint density at radius 3 is 2.48 bits per heavy atom. The molecule has 1 saturated carbocycles. The van der Waals surface area contributed by atoms with Gasteiger partial charge in [-0.3, -0.25) is 9.59 Å². The Balaban J connectivity index is 1.73. The topological polar surface area (TPSA) is 57.6 Å². The highest BCUT2D eigenvalue weighted by Gasteiger charge is 2.49. The molecule has 5 rings (SSSR count). The zero-order valence-electron chi connectivity index (χ0n) is 17.5. The van der Waals surface area contributed by atoms with Gasteiger partial charge in [0, 0.05) is 16.5 Å². The Bertz CT molecular complexity index is 1200. The van der Waals surface area contributed by atoms with Gasteiger partial charge in [-0.2, -0.15) is 0 Å². The quantitative estimate of drug-likeness (QED) is 0.316. The second-order valence-corrected chi connectivity index (χ2v) is 9.44. The average Bonchev–Trinajstić information content (AvgIpc) is 3.34. The number of nitrogens with zero attached hydrogens (tertiary/aromatic N) is 1. The number of amides is 1. The van der Waals surface area contributed by atoms with Gasteiger partial charge in [0.1, 0.15) is 11.8 Å². The normalized spacial score (nSPS) is 21.8. The Hall–Kier alpha value is -2.92. The van der Waals surface area contributed by atoms with Crippen LogP contribution in [0.25, 0.3) is 16.5 Å². The van der Waals surface area contributed by atoms with Crippen LogP contribution in [0.4, 0.5) is 0 Å². The number of Topliss-reactive ketones (excluding diaryl/α,β-unsaturated/α-hetero) is 1. The first-order valence-electron chi connectivity index (χ1n) is 10.9. The summed E-state index contributed by atoms with van der Waals surface area (Å²) in [6.07, 6.45) is 5.10. The van der Waals surface area contributed by atoms with Crippen molar-refractivity contribution in [1.29, 1.82) is 0 Å². The van der Waals surface area contributed by atoms with E-state index < -0.39 is 17.7 Å². The fourth-order valence-corrected chi connectivity index (χ4v) is 6.12. The highest BCUT2D eigenvalue weighted by atomic mass is 32.1. The summed E-state index contributed by atoms with van der Waals surface area (Å²) >= 11 is 1.55. The van der Waals surface area contributed by atoms with E-state index in [1.807, 2.05) is 60.8 Å². The van der Waals surface area contributed by atoms with Crippen molar-refractivity contribution in [2.24, 2.45) is 0 Å². The lowest BCUT2D eigenvalue weighted by Gasteiger charge is -2.35. The monoisotopic (exact) mass is 431 g/mol. The van der Waals surface area contributed by atoms with E-state index >= 15 is 0 Å². The molecule has 31 heavy (non-hydrogen) atoms. The number of ketones is 1. The number of hydrogen-bond donors (Lipinski definition) is 1. The zero-order chi connectivity index (χ0) is 21.5. The van der Waals surface area contributed by atoms with Crippen molar-refractivity contribution < 1.29 is 14.7 Å².